The Hall–Kier alpha value is -0.540. The van der Waals surface area contributed by atoms with Gasteiger partial charge in [-0.2, -0.15) is 8.78 Å². The van der Waals surface area contributed by atoms with Crippen molar-refractivity contribution in [2.75, 3.05) is 0 Å². The topological polar surface area (TPSA) is 0 Å². The monoisotopic (exact) mass is 194 g/mol. The summed E-state index contributed by atoms with van der Waals surface area (Å²) in [6.07, 6.45) is 0.855. The minimum absolute atomic E-state index is 0.111. The SMILES string of the molecule is FC(F)C(F)(F)C1CC2C=CC1C2. The minimum Gasteiger partial charge on any atom is -0.204 e. The van der Waals surface area contributed by atoms with Crippen molar-refractivity contribution in [2.24, 2.45) is 17.8 Å². The fourth-order valence-electron chi connectivity index (χ4n) is 2.39. The van der Waals surface area contributed by atoms with E-state index in [1.54, 1.807) is 6.08 Å². The van der Waals surface area contributed by atoms with E-state index in [-0.39, 0.29) is 18.3 Å². The van der Waals surface area contributed by atoms with Crippen LogP contribution in [0.1, 0.15) is 12.8 Å². The number of hydrogen-bond donors (Lipinski definition) is 0. The van der Waals surface area contributed by atoms with Crippen LogP contribution in [-0.4, -0.2) is 12.3 Å². The van der Waals surface area contributed by atoms with Gasteiger partial charge < -0.3 is 0 Å². The van der Waals surface area contributed by atoms with Crippen LogP contribution in [0.2, 0.25) is 0 Å². The molecule has 4 heteroatoms. The van der Waals surface area contributed by atoms with Gasteiger partial charge in [0.1, 0.15) is 0 Å². The number of allylic oxidation sites excluding steroid dienone is 2. The normalized spacial score (nSPS) is 37.8. The smallest absolute Gasteiger partial charge is 0.204 e. The van der Waals surface area contributed by atoms with E-state index in [2.05, 4.69) is 0 Å². The molecule has 2 bridgehead atoms. The Morgan fingerprint density at radius 3 is 2.23 bits per heavy atom. The molecule has 3 atom stereocenters. The first-order valence-electron chi connectivity index (χ1n) is 4.36. The molecule has 0 N–H and O–H groups in total. The van der Waals surface area contributed by atoms with Gasteiger partial charge in [-0.15, -0.1) is 0 Å². The van der Waals surface area contributed by atoms with Crippen molar-refractivity contribution in [2.45, 2.75) is 25.2 Å². The van der Waals surface area contributed by atoms with E-state index in [9.17, 15) is 17.6 Å². The fraction of sp³-hybridized carbons (Fsp3) is 0.778. The first kappa shape index (κ1) is 9.03. The van der Waals surface area contributed by atoms with Crippen LogP contribution in [0.3, 0.4) is 0 Å². The van der Waals surface area contributed by atoms with Gasteiger partial charge in [-0.25, -0.2) is 8.78 Å². The van der Waals surface area contributed by atoms with Crippen molar-refractivity contribution in [3.05, 3.63) is 12.2 Å². The van der Waals surface area contributed by atoms with Crippen molar-refractivity contribution >= 4 is 0 Å². The van der Waals surface area contributed by atoms with Gasteiger partial charge in [0.15, 0.2) is 0 Å². The molecule has 2 rings (SSSR count). The van der Waals surface area contributed by atoms with Crippen LogP contribution in [0.4, 0.5) is 17.6 Å². The predicted molar refractivity (Wildman–Crippen MR) is 39.8 cm³/mol. The molecule has 1 fully saturated rings. The Labute approximate surface area is 73.6 Å². The van der Waals surface area contributed by atoms with Crippen LogP contribution >= 0.6 is 0 Å². The molecule has 0 aromatic heterocycles. The van der Waals surface area contributed by atoms with Gasteiger partial charge in [-0.05, 0) is 24.7 Å². The molecular weight excluding hydrogens is 184 g/mol. The summed E-state index contributed by atoms with van der Waals surface area (Å²) < 4.78 is 49.9. The first-order chi connectivity index (χ1) is 6.01. The van der Waals surface area contributed by atoms with E-state index in [0.717, 1.165) is 0 Å². The summed E-state index contributed by atoms with van der Waals surface area (Å²) in [5, 5.41) is 0. The average Bonchev–Trinajstić information content (AvgIpc) is 2.63. The van der Waals surface area contributed by atoms with Crippen molar-refractivity contribution in [3.63, 3.8) is 0 Å². The lowest BCUT2D eigenvalue weighted by atomic mass is 9.88. The van der Waals surface area contributed by atoms with Crippen molar-refractivity contribution in [1.82, 2.24) is 0 Å². The Morgan fingerprint density at radius 1 is 1.15 bits per heavy atom. The standard InChI is InChI=1S/C9H10F4/c10-8(11)9(12,13)7-4-5-1-2-6(7)3-5/h1-2,5-8H,3-4H2. The molecule has 0 nitrogen and oxygen atoms in total. The van der Waals surface area contributed by atoms with Gasteiger partial charge in [0.25, 0.3) is 0 Å². The summed E-state index contributed by atoms with van der Waals surface area (Å²) in [5.41, 5.74) is 0. The Morgan fingerprint density at radius 2 is 1.85 bits per heavy atom. The van der Waals surface area contributed by atoms with Crippen LogP contribution in [0, 0.1) is 17.8 Å². The van der Waals surface area contributed by atoms with Gasteiger partial charge >= 0.3 is 12.3 Å². The van der Waals surface area contributed by atoms with E-state index >= 15 is 0 Å². The number of alkyl halides is 4. The molecular formula is C9H10F4. The van der Waals surface area contributed by atoms with E-state index in [1.807, 2.05) is 6.08 Å². The highest BCUT2D eigenvalue weighted by atomic mass is 19.3. The molecule has 2 aliphatic carbocycles. The lowest BCUT2D eigenvalue weighted by Gasteiger charge is -2.27. The third-order valence-corrected chi connectivity index (χ3v) is 3.06. The molecule has 74 valence electrons. The number of fused-ring (bicyclic) bond motifs is 2. The Balaban J connectivity index is 2.14. The predicted octanol–water partition coefficient (Wildman–Crippen LogP) is 3.10. The highest BCUT2D eigenvalue weighted by Gasteiger charge is 2.55. The van der Waals surface area contributed by atoms with Crippen LogP contribution in [0.5, 0.6) is 0 Å². The van der Waals surface area contributed by atoms with E-state index < -0.39 is 18.3 Å². The maximum Gasteiger partial charge on any atom is 0.310 e. The van der Waals surface area contributed by atoms with Crippen molar-refractivity contribution in [3.8, 4) is 0 Å². The third kappa shape index (κ3) is 1.27. The average molecular weight is 194 g/mol. The van der Waals surface area contributed by atoms with Gasteiger partial charge in [0.05, 0.1) is 0 Å². The molecule has 0 aromatic rings. The fourth-order valence-corrected chi connectivity index (χ4v) is 2.39. The summed E-state index contributed by atoms with van der Waals surface area (Å²) in [6.45, 7) is 0. The molecule has 0 heterocycles. The highest BCUT2D eigenvalue weighted by Crippen LogP contribution is 2.51. The lowest BCUT2D eigenvalue weighted by Crippen LogP contribution is -2.38. The summed E-state index contributed by atoms with van der Waals surface area (Å²) in [6, 6.07) is 0. The molecule has 0 spiro atoms. The van der Waals surface area contributed by atoms with Crippen molar-refractivity contribution < 1.29 is 17.6 Å². The van der Waals surface area contributed by atoms with Gasteiger partial charge in [0.2, 0.25) is 0 Å². The van der Waals surface area contributed by atoms with Crippen LogP contribution in [0.25, 0.3) is 0 Å². The molecule has 0 aromatic carbocycles. The number of halogens is 4. The number of hydrogen-bond acceptors (Lipinski definition) is 0. The zero-order chi connectivity index (χ0) is 9.64. The molecule has 0 amide bonds. The summed E-state index contributed by atoms with van der Waals surface area (Å²) in [5.74, 6) is -5.15. The second-order valence-corrected chi connectivity index (χ2v) is 3.86. The zero-order valence-electron chi connectivity index (χ0n) is 6.89. The summed E-state index contributed by atoms with van der Waals surface area (Å²) >= 11 is 0. The second-order valence-electron chi connectivity index (χ2n) is 3.86. The van der Waals surface area contributed by atoms with Crippen molar-refractivity contribution in [1.29, 1.82) is 0 Å². The maximum atomic E-state index is 12.9. The van der Waals surface area contributed by atoms with Gasteiger partial charge in [0, 0.05) is 5.92 Å². The lowest BCUT2D eigenvalue weighted by molar-refractivity contribution is -0.170. The quantitative estimate of drug-likeness (QED) is 0.468. The largest absolute Gasteiger partial charge is 0.310 e. The van der Waals surface area contributed by atoms with E-state index in [1.165, 1.54) is 0 Å². The van der Waals surface area contributed by atoms with Gasteiger partial charge in [-0.1, -0.05) is 12.2 Å². The van der Waals surface area contributed by atoms with Gasteiger partial charge in [-0.3, -0.25) is 0 Å². The minimum atomic E-state index is -3.80. The molecule has 13 heavy (non-hydrogen) atoms. The summed E-state index contributed by atoms with van der Waals surface area (Å²) in [4.78, 5) is 0. The summed E-state index contributed by atoms with van der Waals surface area (Å²) in [7, 11) is 0. The first-order valence-corrected chi connectivity index (χ1v) is 4.36. The Bertz CT molecular complexity index is 234. The van der Waals surface area contributed by atoms with E-state index in [4.69, 9.17) is 0 Å². The molecule has 3 unspecified atom stereocenters. The molecule has 0 saturated heterocycles. The van der Waals surface area contributed by atoms with E-state index in [0.29, 0.717) is 6.42 Å². The Kier molecular flexibility index (Phi) is 1.89. The molecule has 1 saturated carbocycles. The molecule has 0 aliphatic heterocycles. The maximum absolute atomic E-state index is 12.9. The van der Waals surface area contributed by atoms with Crippen LogP contribution in [0.15, 0.2) is 12.2 Å². The molecule has 0 radical (unpaired) electrons. The molecule has 2 aliphatic rings. The third-order valence-electron chi connectivity index (χ3n) is 3.06. The zero-order valence-corrected chi connectivity index (χ0v) is 6.89. The highest BCUT2D eigenvalue weighted by molar-refractivity contribution is 5.12. The number of rotatable bonds is 2. The van der Waals surface area contributed by atoms with Crippen LogP contribution < -0.4 is 0 Å². The van der Waals surface area contributed by atoms with Crippen LogP contribution in [-0.2, 0) is 0 Å². The second kappa shape index (κ2) is 2.72.